The summed E-state index contributed by atoms with van der Waals surface area (Å²) < 4.78 is 33.2. The molecule has 1 N–H and O–H groups in total. The molecule has 1 amide bonds. The zero-order chi connectivity index (χ0) is 20.8. The third-order valence-electron chi connectivity index (χ3n) is 5.55. The van der Waals surface area contributed by atoms with Gasteiger partial charge < -0.3 is 10.1 Å². The average Bonchev–Trinajstić information content (AvgIpc) is 3.38. The fraction of sp³-hybridized carbons (Fsp3) is 0.500. The Morgan fingerprint density at radius 2 is 2.10 bits per heavy atom. The second-order valence-electron chi connectivity index (χ2n) is 7.86. The van der Waals surface area contributed by atoms with Crippen LogP contribution in [0.5, 0.6) is 0 Å². The molecule has 2 aromatic rings. The number of aromatic nitrogens is 2. The fourth-order valence-corrected chi connectivity index (χ4v) is 5.17. The minimum absolute atomic E-state index is 0.116. The van der Waals surface area contributed by atoms with E-state index in [0.717, 1.165) is 11.3 Å². The molecule has 3 heterocycles. The summed E-state index contributed by atoms with van der Waals surface area (Å²) in [6.45, 7) is 4.99. The summed E-state index contributed by atoms with van der Waals surface area (Å²) in [7, 11) is -3.34. The molecule has 1 aromatic carbocycles. The lowest BCUT2D eigenvalue weighted by molar-refractivity contribution is -0.121. The van der Waals surface area contributed by atoms with Crippen molar-refractivity contribution in [1.29, 1.82) is 0 Å². The minimum Gasteiger partial charge on any atom is -0.371 e. The van der Waals surface area contributed by atoms with Gasteiger partial charge in [-0.1, -0.05) is 6.07 Å². The van der Waals surface area contributed by atoms with Gasteiger partial charge in [0.25, 0.3) is 0 Å². The molecule has 2 atom stereocenters. The number of hydrogen-bond donors (Lipinski definition) is 1. The predicted octanol–water partition coefficient (Wildman–Crippen LogP) is 2.50. The van der Waals surface area contributed by atoms with Crippen LogP contribution in [0, 0.1) is 5.92 Å². The number of fused-ring (bicyclic) bond motifs is 1. The van der Waals surface area contributed by atoms with E-state index in [2.05, 4.69) is 10.4 Å². The number of ether oxygens (including phenoxy) is 1. The first-order chi connectivity index (χ1) is 13.8. The zero-order valence-corrected chi connectivity index (χ0v) is 17.6. The number of anilines is 2. The van der Waals surface area contributed by atoms with E-state index in [1.54, 1.807) is 18.3 Å². The van der Waals surface area contributed by atoms with Gasteiger partial charge in [0, 0.05) is 36.6 Å². The van der Waals surface area contributed by atoms with E-state index in [4.69, 9.17) is 4.74 Å². The van der Waals surface area contributed by atoms with Crippen LogP contribution in [0.15, 0.2) is 30.5 Å². The number of hydrogen-bond acceptors (Lipinski definition) is 5. The van der Waals surface area contributed by atoms with E-state index in [1.807, 2.05) is 30.7 Å². The van der Waals surface area contributed by atoms with Gasteiger partial charge in [0.05, 0.1) is 23.6 Å². The van der Waals surface area contributed by atoms with Crippen molar-refractivity contribution in [3.05, 3.63) is 41.7 Å². The van der Waals surface area contributed by atoms with Crippen LogP contribution >= 0.6 is 0 Å². The summed E-state index contributed by atoms with van der Waals surface area (Å²) in [5.74, 6) is -0.442. The normalized spacial score (nSPS) is 21.6. The summed E-state index contributed by atoms with van der Waals surface area (Å²) in [5.41, 5.74) is 3.07. The van der Waals surface area contributed by atoms with Gasteiger partial charge in [-0.05, 0) is 44.9 Å². The number of nitrogens with one attached hydrogen (secondary N) is 1. The van der Waals surface area contributed by atoms with Crippen LogP contribution in [-0.4, -0.2) is 43.5 Å². The molecular weight excluding hydrogens is 392 g/mol. The highest BCUT2D eigenvalue weighted by Crippen LogP contribution is 2.38. The highest BCUT2D eigenvalue weighted by molar-refractivity contribution is 7.92. The molecule has 156 valence electrons. The Morgan fingerprint density at radius 3 is 2.83 bits per heavy atom. The largest absolute Gasteiger partial charge is 0.371 e. The maximum atomic E-state index is 13.1. The predicted molar refractivity (Wildman–Crippen MR) is 110 cm³/mol. The average molecular weight is 419 g/mol. The zero-order valence-electron chi connectivity index (χ0n) is 16.8. The number of nitrogens with zero attached hydrogens (tertiary/aromatic N) is 3. The number of carbonyl (C=O) groups is 1. The first-order valence-corrected chi connectivity index (χ1v) is 11.7. The van der Waals surface area contributed by atoms with E-state index in [1.165, 1.54) is 10.6 Å². The minimum atomic E-state index is -3.34. The maximum absolute atomic E-state index is 13.1. The number of benzene rings is 1. The Labute approximate surface area is 170 Å². The van der Waals surface area contributed by atoms with Gasteiger partial charge >= 0.3 is 0 Å². The van der Waals surface area contributed by atoms with Crippen LogP contribution in [0.1, 0.15) is 43.7 Å². The number of rotatable bonds is 5. The molecular formula is C20H26N4O4S. The maximum Gasteiger partial charge on any atom is 0.232 e. The molecule has 8 nitrogen and oxygen atoms in total. The van der Waals surface area contributed by atoms with Gasteiger partial charge in [-0.25, -0.2) is 8.42 Å². The second-order valence-corrected chi connectivity index (χ2v) is 9.77. The second kappa shape index (κ2) is 7.46. The lowest BCUT2D eigenvalue weighted by atomic mass is 9.97. The molecule has 1 fully saturated rings. The van der Waals surface area contributed by atoms with Crippen LogP contribution in [-0.2, 0) is 26.0 Å². The van der Waals surface area contributed by atoms with Crippen LogP contribution in [0.25, 0.3) is 0 Å². The monoisotopic (exact) mass is 418 g/mol. The van der Waals surface area contributed by atoms with Gasteiger partial charge in [0.2, 0.25) is 15.9 Å². The SMILES string of the molecule is CC(C)n1nccc1[C@H]1OCC[C@@H]1C(=O)Nc1cccc2c1CCN2S(C)(=O)=O. The molecule has 0 unspecified atom stereocenters. The number of carbonyl (C=O) groups excluding carboxylic acids is 1. The van der Waals surface area contributed by atoms with Gasteiger partial charge in [-0.15, -0.1) is 0 Å². The standard InChI is InChI=1S/C20H26N4O4S/c1-13(2)24-18(7-10-21-24)19-15(9-12-28-19)20(25)22-16-5-4-6-17-14(16)8-11-23(17)29(3,26)27/h4-7,10,13,15,19H,8-9,11-12H2,1-3H3,(H,22,25)/t15-,19-/m0/s1. The third-order valence-corrected chi connectivity index (χ3v) is 6.73. The summed E-state index contributed by atoms with van der Waals surface area (Å²) in [5, 5.41) is 7.39. The Hall–Kier alpha value is -2.39. The summed E-state index contributed by atoms with van der Waals surface area (Å²) in [6, 6.07) is 7.45. The van der Waals surface area contributed by atoms with E-state index in [0.29, 0.717) is 37.4 Å². The van der Waals surface area contributed by atoms with Crippen molar-refractivity contribution in [2.75, 3.05) is 29.0 Å². The first kappa shape index (κ1) is 19.9. The molecule has 4 rings (SSSR count). The molecule has 0 saturated carbocycles. The Morgan fingerprint density at radius 1 is 1.31 bits per heavy atom. The summed E-state index contributed by atoms with van der Waals surface area (Å²) in [4.78, 5) is 13.1. The molecule has 0 spiro atoms. The van der Waals surface area contributed by atoms with Crippen molar-refractivity contribution in [2.24, 2.45) is 5.92 Å². The molecule has 1 aromatic heterocycles. The van der Waals surface area contributed by atoms with Crippen molar-refractivity contribution >= 4 is 27.3 Å². The molecule has 0 radical (unpaired) electrons. The molecule has 2 aliphatic heterocycles. The van der Waals surface area contributed by atoms with Gasteiger partial charge in [0.15, 0.2) is 0 Å². The quantitative estimate of drug-likeness (QED) is 0.805. The van der Waals surface area contributed by atoms with E-state index >= 15 is 0 Å². The Balaban J connectivity index is 1.57. The van der Waals surface area contributed by atoms with Crippen LogP contribution in [0.3, 0.4) is 0 Å². The smallest absolute Gasteiger partial charge is 0.232 e. The Bertz CT molecular complexity index is 1030. The van der Waals surface area contributed by atoms with Crippen molar-refractivity contribution in [3.63, 3.8) is 0 Å². The molecule has 0 bridgehead atoms. The Kier molecular flexibility index (Phi) is 5.12. The van der Waals surface area contributed by atoms with Crippen molar-refractivity contribution in [2.45, 2.75) is 38.8 Å². The molecule has 2 aliphatic rings. The van der Waals surface area contributed by atoms with Crippen molar-refractivity contribution in [3.8, 4) is 0 Å². The third kappa shape index (κ3) is 3.64. The molecule has 0 aliphatic carbocycles. The van der Waals surface area contributed by atoms with Crippen molar-refractivity contribution in [1.82, 2.24) is 9.78 Å². The first-order valence-electron chi connectivity index (χ1n) is 9.83. The molecule has 29 heavy (non-hydrogen) atoms. The van der Waals surface area contributed by atoms with Crippen LogP contribution in [0.4, 0.5) is 11.4 Å². The number of amides is 1. The lowest BCUT2D eigenvalue weighted by Gasteiger charge is -2.22. The van der Waals surface area contributed by atoms with Gasteiger partial charge in [0.1, 0.15) is 6.10 Å². The van der Waals surface area contributed by atoms with Crippen molar-refractivity contribution < 1.29 is 17.9 Å². The van der Waals surface area contributed by atoms with E-state index in [9.17, 15) is 13.2 Å². The van der Waals surface area contributed by atoms with Gasteiger partial charge in [-0.2, -0.15) is 5.10 Å². The fourth-order valence-electron chi connectivity index (χ4n) is 4.22. The lowest BCUT2D eigenvalue weighted by Crippen LogP contribution is -2.28. The highest BCUT2D eigenvalue weighted by Gasteiger charge is 2.38. The van der Waals surface area contributed by atoms with Gasteiger partial charge in [-0.3, -0.25) is 13.8 Å². The van der Waals surface area contributed by atoms with E-state index < -0.39 is 10.0 Å². The molecule has 1 saturated heterocycles. The topological polar surface area (TPSA) is 93.5 Å². The summed E-state index contributed by atoms with van der Waals surface area (Å²) >= 11 is 0. The molecule has 9 heteroatoms. The highest BCUT2D eigenvalue weighted by atomic mass is 32.2. The summed E-state index contributed by atoms with van der Waals surface area (Å²) in [6.07, 6.45) is 3.79. The van der Waals surface area contributed by atoms with Crippen LogP contribution < -0.4 is 9.62 Å². The van der Waals surface area contributed by atoms with Crippen LogP contribution in [0.2, 0.25) is 0 Å². The van der Waals surface area contributed by atoms with E-state index in [-0.39, 0.29) is 24.0 Å². The number of sulfonamides is 1.